The number of nitrogens with zero attached hydrogens (tertiary/aromatic N) is 2. The van der Waals surface area contributed by atoms with E-state index >= 15 is 0 Å². The molecule has 0 saturated carbocycles. The van der Waals surface area contributed by atoms with Gasteiger partial charge in [-0.3, -0.25) is 4.98 Å². The Morgan fingerprint density at radius 2 is 1.85 bits per heavy atom. The van der Waals surface area contributed by atoms with E-state index in [4.69, 9.17) is 4.74 Å². The molecule has 0 atom stereocenters. The molecular formula is C20H21N3O3S. The SMILES string of the molecule is COc1ccccc1S(=O)(=O)c1cnc2c(N3CCNCC3)cccc2c1. The van der Waals surface area contributed by atoms with Crippen molar-refractivity contribution in [3.05, 3.63) is 54.7 Å². The summed E-state index contributed by atoms with van der Waals surface area (Å²) in [7, 11) is -2.26. The van der Waals surface area contributed by atoms with E-state index in [-0.39, 0.29) is 9.79 Å². The first kappa shape index (κ1) is 17.8. The summed E-state index contributed by atoms with van der Waals surface area (Å²) in [5.74, 6) is 0.326. The molecule has 2 heterocycles. The van der Waals surface area contributed by atoms with Gasteiger partial charge >= 0.3 is 0 Å². The van der Waals surface area contributed by atoms with Gasteiger partial charge in [0, 0.05) is 37.8 Å². The van der Waals surface area contributed by atoms with Gasteiger partial charge in [-0.15, -0.1) is 0 Å². The van der Waals surface area contributed by atoms with E-state index in [1.165, 1.54) is 13.3 Å². The zero-order valence-electron chi connectivity index (χ0n) is 15.1. The summed E-state index contributed by atoms with van der Waals surface area (Å²) >= 11 is 0. The maximum Gasteiger partial charge on any atom is 0.211 e. The van der Waals surface area contributed by atoms with Crippen LogP contribution in [0.5, 0.6) is 5.75 Å². The smallest absolute Gasteiger partial charge is 0.211 e. The van der Waals surface area contributed by atoms with Crippen molar-refractivity contribution in [3.63, 3.8) is 0 Å². The third-order valence-electron chi connectivity index (χ3n) is 4.79. The van der Waals surface area contributed by atoms with Gasteiger partial charge in [-0.2, -0.15) is 0 Å². The van der Waals surface area contributed by atoms with Gasteiger partial charge < -0.3 is 15.0 Å². The van der Waals surface area contributed by atoms with E-state index < -0.39 is 9.84 Å². The summed E-state index contributed by atoms with van der Waals surface area (Å²) in [6.45, 7) is 3.66. The van der Waals surface area contributed by atoms with Crippen molar-refractivity contribution >= 4 is 26.4 Å². The van der Waals surface area contributed by atoms with Gasteiger partial charge in [-0.05, 0) is 24.3 Å². The summed E-state index contributed by atoms with van der Waals surface area (Å²) in [6, 6.07) is 14.2. The summed E-state index contributed by atoms with van der Waals surface area (Å²) < 4.78 is 31.4. The number of fused-ring (bicyclic) bond motifs is 1. The van der Waals surface area contributed by atoms with E-state index in [2.05, 4.69) is 15.2 Å². The topological polar surface area (TPSA) is 71.5 Å². The Morgan fingerprint density at radius 3 is 2.63 bits per heavy atom. The normalized spacial score (nSPS) is 15.1. The molecule has 1 saturated heterocycles. The van der Waals surface area contributed by atoms with E-state index in [0.717, 1.165) is 42.8 Å². The number of sulfone groups is 1. The van der Waals surface area contributed by atoms with E-state index in [1.807, 2.05) is 18.2 Å². The van der Waals surface area contributed by atoms with Gasteiger partial charge in [0.25, 0.3) is 0 Å². The Hall–Kier alpha value is -2.64. The van der Waals surface area contributed by atoms with Gasteiger partial charge in [-0.1, -0.05) is 24.3 Å². The van der Waals surface area contributed by atoms with Crippen LogP contribution in [-0.4, -0.2) is 46.7 Å². The van der Waals surface area contributed by atoms with Crippen LogP contribution in [0.15, 0.2) is 64.5 Å². The number of aromatic nitrogens is 1. The second-order valence-corrected chi connectivity index (χ2v) is 8.33. The van der Waals surface area contributed by atoms with Crippen molar-refractivity contribution in [3.8, 4) is 5.75 Å². The number of para-hydroxylation sites is 2. The van der Waals surface area contributed by atoms with Crippen LogP contribution in [0.3, 0.4) is 0 Å². The van der Waals surface area contributed by atoms with Crippen molar-refractivity contribution in [2.45, 2.75) is 9.79 Å². The van der Waals surface area contributed by atoms with Crippen molar-refractivity contribution in [2.75, 3.05) is 38.2 Å². The third-order valence-corrected chi connectivity index (χ3v) is 6.55. The van der Waals surface area contributed by atoms with Crippen LogP contribution in [0.1, 0.15) is 0 Å². The van der Waals surface area contributed by atoms with Crippen LogP contribution in [0.4, 0.5) is 5.69 Å². The zero-order chi connectivity index (χ0) is 18.9. The fourth-order valence-corrected chi connectivity index (χ4v) is 4.80. The molecule has 6 nitrogen and oxygen atoms in total. The summed E-state index contributed by atoms with van der Waals surface area (Å²) in [5, 5.41) is 4.14. The Kier molecular flexibility index (Phi) is 4.72. The highest BCUT2D eigenvalue weighted by Crippen LogP contribution is 2.32. The molecule has 7 heteroatoms. The highest BCUT2D eigenvalue weighted by atomic mass is 32.2. The number of pyridine rings is 1. The molecule has 1 N–H and O–H groups in total. The molecule has 1 aliphatic rings. The Morgan fingerprint density at radius 1 is 1.07 bits per heavy atom. The minimum absolute atomic E-state index is 0.145. The van der Waals surface area contributed by atoms with Crippen LogP contribution in [0, 0.1) is 0 Å². The van der Waals surface area contributed by atoms with Crippen molar-refractivity contribution in [2.24, 2.45) is 0 Å². The fourth-order valence-electron chi connectivity index (χ4n) is 3.40. The fraction of sp³-hybridized carbons (Fsp3) is 0.250. The molecule has 1 aliphatic heterocycles. The van der Waals surface area contributed by atoms with Gasteiger partial charge in [0.05, 0.1) is 23.2 Å². The molecule has 0 aliphatic carbocycles. The number of piperazine rings is 1. The molecule has 0 spiro atoms. The quantitative estimate of drug-likeness (QED) is 0.746. The van der Waals surface area contributed by atoms with Gasteiger partial charge in [-0.25, -0.2) is 8.42 Å². The predicted octanol–water partition coefficient (Wildman–Crippen LogP) is 2.49. The third kappa shape index (κ3) is 3.24. The molecule has 4 rings (SSSR count). The number of ether oxygens (including phenoxy) is 1. The van der Waals surface area contributed by atoms with Gasteiger partial charge in [0.15, 0.2) is 0 Å². The lowest BCUT2D eigenvalue weighted by atomic mass is 10.1. The first-order valence-corrected chi connectivity index (χ1v) is 10.3. The highest BCUT2D eigenvalue weighted by Gasteiger charge is 2.23. The summed E-state index contributed by atoms with van der Waals surface area (Å²) in [5.41, 5.74) is 1.86. The predicted molar refractivity (Wildman–Crippen MR) is 105 cm³/mol. The van der Waals surface area contributed by atoms with Crippen LogP contribution in [-0.2, 0) is 9.84 Å². The average Bonchev–Trinajstić information content (AvgIpc) is 2.73. The number of nitrogens with one attached hydrogen (secondary N) is 1. The van der Waals surface area contributed by atoms with Crippen LogP contribution >= 0.6 is 0 Å². The molecule has 0 unspecified atom stereocenters. The first-order valence-electron chi connectivity index (χ1n) is 8.84. The van der Waals surface area contributed by atoms with Crippen LogP contribution < -0.4 is 15.0 Å². The second-order valence-electron chi connectivity index (χ2n) is 6.41. The lowest BCUT2D eigenvalue weighted by Crippen LogP contribution is -2.43. The number of anilines is 1. The molecule has 140 valence electrons. The summed E-state index contributed by atoms with van der Waals surface area (Å²) in [4.78, 5) is 7.11. The maximum absolute atomic E-state index is 13.1. The standard InChI is InChI=1S/C20H21N3O3S/c1-26-18-7-2-3-8-19(18)27(24,25)16-13-15-5-4-6-17(20(15)22-14-16)23-11-9-21-10-12-23/h2-8,13-14,21H,9-12H2,1H3. The Balaban J connectivity index is 1.80. The number of rotatable bonds is 4. The molecular weight excluding hydrogens is 362 g/mol. The van der Waals surface area contributed by atoms with Crippen LogP contribution in [0.25, 0.3) is 10.9 Å². The molecule has 2 aromatic carbocycles. The monoisotopic (exact) mass is 383 g/mol. The van der Waals surface area contributed by atoms with E-state index in [1.54, 1.807) is 30.3 Å². The van der Waals surface area contributed by atoms with E-state index in [9.17, 15) is 8.42 Å². The average molecular weight is 383 g/mol. The molecule has 0 bridgehead atoms. The first-order chi connectivity index (χ1) is 13.1. The van der Waals surface area contributed by atoms with Gasteiger partial charge in [0.1, 0.15) is 10.6 Å². The maximum atomic E-state index is 13.1. The Bertz CT molecular complexity index is 1080. The lowest BCUT2D eigenvalue weighted by molar-refractivity contribution is 0.402. The number of hydrogen-bond acceptors (Lipinski definition) is 6. The van der Waals surface area contributed by atoms with Crippen molar-refractivity contribution in [1.82, 2.24) is 10.3 Å². The Labute approximate surface area is 158 Å². The molecule has 27 heavy (non-hydrogen) atoms. The molecule has 1 fully saturated rings. The zero-order valence-corrected chi connectivity index (χ0v) is 15.9. The van der Waals surface area contributed by atoms with Crippen molar-refractivity contribution < 1.29 is 13.2 Å². The number of benzene rings is 2. The number of methoxy groups -OCH3 is 1. The van der Waals surface area contributed by atoms with E-state index in [0.29, 0.717) is 5.75 Å². The minimum Gasteiger partial charge on any atom is -0.495 e. The van der Waals surface area contributed by atoms with Gasteiger partial charge in [0.2, 0.25) is 9.84 Å². The largest absolute Gasteiger partial charge is 0.495 e. The molecule has 0 amide bonds. The number of hydrogen-bond donors (Lipinski definition) is 1. The summed E-state index contributed by atoms with van der Waals surface area (Å²) in [6.07, 6.45) is 1.44. The second kappa shape index (κ2) is 7.17. The van der Waals surface area contributed by atoms with Crippen LogP contribution in [0.2, 0.25) is 0 Å². The minimum atomic E-state index is -3.72. The molecule has 0 radical (unpaired) electrons. The molecule has 1 aromatic heterocycles. The highest BCUT2D eigenvalue weighted by molar-refractivity contribution is 7.91. The molecule has 3 aromatic rings. The van der Waals surface area contributed by atoms with Crippen molar-refractivity contribution in [1.29, 1.82) is 0 Å². The lowest BCUT2D eigenvalue weighted by Gasteiger charge is -2.30.